The summed E-state index contributed by atoms with van der Waals surface area (Å²) in [6.45, 7) is 4.06. The topological polar surface area (TPSA) is 86.7 Å². The molecule has 2 aromatic heterocycles. The van der Waals surface area contributed by atoms with Crippen molar-refractivity contribution in [1.29, 1.82) is 0 Å². The Morgan fingerprint density at radius 2 is 2.14 bits per heavy atom. The van der Waals surface area contributed by atoms with Crippen LogP contribution in [0.4, 0.5) is 0 Å². The van der Waals surface area contributed by atoms with Gasteiger partial charge in [0.1, 0.15) is 12.4 Å². The molecule has 0 saturated carbocycles. The third-order valence-corrected chi connectivity index (χ3v) is 3.42. The van der Waals surface area contributed by atoms with E-state index in [0.29, 0.717) is 18.0 Å². The van der Waals surface area contributed by atoms with Crippen LogP contribution in [0.2, 0.25) is 0 Å². The maximum Gasteiger partial charge on any atom is 0.162 e. The molecule has 2 heterocycles. The number of benzene rings is 1. The van der Waals surface area contributed by atoms with Crippen LogP contribution in [0.25, 0.3) is 22.3 Å². The van der Waals surface area contributed by atoms with Crippen LogP contribution in [0, 0.1) is 6.92 Å². The minimum atomic E-state index is 0.0351. The maximum atomic E-state index is 11.4. The van der Waals surface area contributed by atoms with Gasteiger partial charge in [-0.2, -0.15) is 5.10 Å². The molecule has 3 aromatic rings. The van der Waals surface area contributed by atoms with Crippen molar-refractivity contribution in [2.45, 2.75) is 26.9 Å². The van der Waals surface area contributed by atoms with Crippen molar-refractivity contribution in [2.75, 3.05) is 0 Å². The van der Waals surface area contributed by atoms with Crippen LogP contribution in [-0.2, 0) is 17.9 Å². The molecule has 0 aliphatic heterocycles. The summed E-state index contributed by atoms with van der Waals surface area (Å²) in [6.07, 6.45) is 1.71. The minimum absolute atomic E-state index is 0.0351. The molecule has 22 heavy (non-hydrogen) atoms. The number of ketones is 1. The monoisotopic (exact) mass is 295 g/mol. The molecule has 3 rings (SSSR count). The van der Waals surface area contributed by atoms with E-state index in [0.717, 1.165) is 22.2 Å². The zero-order valence-electron chi connectivity index (χ0n) is 12.6. The van der Waals surface area contributed by atoms with Gasteiger partial charge in [-0.05, 0) is 25.5 Å². The largest absolute Gasteiger partial charge is 0.326 e. The van der Waals surface area contributed by atoms with Gasteiger partial charge in [0.15, 0.2) is 11.4 Å². The summed E-state index contributed by atoms with van der Waals surface area (Å²) in [7, 11) is 0. The van der Waals surface area contributed by atoms with E-state index < -0.39 is 0 Å². The quantitative estimate of drug-likeness (QED) is 0.793. The molecule has 0 saturated heterocycles. The highest BCUT2D eigenvalue weighted by Crippen LogP contribution is 2.26. The molecular weight excluding hydrogens is 278 g/mol. The molecule has 6 heteroatoms. The average Bonchev–Trinajstić information content (AvgIpc) is 2.89. The summed E-state index contributed by atoms with van der Waals surface area (Å²) in [5.74, 6) is 0.680. The SMILES string of the molecule is CC(=O)Cn1ncc2c(-c3cccc(CN)c3)nc(C)nc21. The van der Waals surface area contributed by atoms with Crippen LogP contribution in [-0.4, -0.2) is 25.5 Å². The number of nitrogens with zero attached hydrogens (tertiary/aromatic N) is 4. The number of Topliss-reactive ketones (excluding diaryl/α,β-unsaturated/α-hetero) is 1. The molecule has 0 bridgehead atoms. The van der Waals surface area contributed by atoms with Crippen LogP contribution >= 0.6 is 0 Å². The summed E-state index contributed by atoms with van der Waals surface area (Å²) < 4.78 is 1.61. The van der Waals surface area contributed by atoms with Crippen LogP contribution in [0.5, 0.6) is 0 Å². The molecule has 0 aliphatic rings. The number of nitrogens with two attached hydrogens (primary N) is 1. The smallest absolute Gasteiger partial charge is 0.162 e. The molecule has 112 valence electrons. The lowest BCUT2D eigenvalue weighted by molar-refractivity contribution is -0.117. The second-order valence-corrected chi connectivity index (χ2v) is 5.27. The predicted octanol–water partition coefficient (Wildman–Crippen LogP) is 1.85. The fraction of sp³-hybridized carbons (Fsp3) is 0.250. The molecule has 0 aliphatic carbocycles. The minimum Gasteiger partial charge on any atom is -0.326 e. The third kappa shape index (κ3) is 2.60. The van der Waals surface area contributed by atoms with Crippen LogP contribution < -0.4 is 5.73 Å². The highest BCUT2D eigenvalue weighted by atomic mass is 16.1. The Morgan fingerprint density at radius 3 is 2.86 bits per heavy atom. The Labute approximate surface area is 128 Å². The lowest BCUT2D eigenvalue weighted by Gasteiger charge is -2.07. The van der Waals surface area contributed by atoms with Gasteiger partial charge in [0.05, 0.1) is 17.3 Å². The number of rotatable bonds is 4. The van der Waals surface area contributed by atoms with Gasteiger partial charge in [-0.1, -0.05) is 18.2 Å². The van der Waals surface area contributed by atoms with Crippen LogP contribution in [0.1, 0.15) is 18.3 Å². The van der Waals surface area contributed by atoms with Crippen molar-refractivity contribution in [2.24, 2.45) is 5.73 Å². The predicted molar refractivity (Wildman–Crippen MR) is 84.1 cm³/mol. The molecule has 6 nitrogen and oxygen atoms in total. The lowest BCUT2D eigenvalue weighted by atomic mass is 10.1. The lowest BCUT2D eigenvalue weighted by Crippen LogP contribution is -2.08. The molecule has 1 aromatic carbocycles. The normalized spacial score (nSPS) is 11.0. The zero-order chi connectivity index (χ0) is 15.7. The van der Waals surface area contributed by atoms with Gasteiger partial charge in [-0.15, -0.1) is 0 Å². The van der Waals surface area contributed by atoms with Gasteiger partial charge in [-0.25, -0.2) is 14.6 Å². The first-order valence-corrected chi connectivity index (χ1v) is 7.07. The Kier molecular flexibility index (Phi) is 3.68. The Hall–Kier alpha value is -2.60. The van der Waals surface area contributed by atoms with Crippen molar-refractivity contribution in [3.8, 4) is 11.3 Å². The first kappa shape index (κ1) is 14.3. The summed E-state index contributed by atoms with van der Waals surface area (Å²) in [4.78, 5) is 20.3. The number of aryl methyl sites for hydroxylation is 1. The van der Waals surface area contributed by atoms with E-state index in [2.05, 4.69) is 15.1 Å². The molecular formula is C16H17N5O. The summed E-state index contributed by atoms with van der Waals surface area (Å²) in [5, 5.41) is 5.11. The van der Waals surface area contributed by atoms with Gasteiger partial charge in [-0.3, -0.25) is 4.79 Å². The van der Waals surface area contributed by atoms with Gasteiger partial charge >= 0.3 is 0 Å². The number of hydrogen-bond acceptors (Lipinski definition) is 5. The number of fused-ring (bicyclic) bond motifs is 1. The van der Waals surface area contributed by atoms with E-state index in [-0.39, 0.29) is 12.3 Å². The van der Waals surface area contributed by atoms with Gasteiger partial charge in [0.25, 0.3) is 0 Å². The molecule has 0 fully saturated rings. The van der Waals surface area contributed by atoms with E-state index in [1.54, 1.807) is 10.9 Å². The van der Waals surface area contributed by atoms with E-state index in [1.165, 1.54) is 6.92 Å². The molecule has 0 amide bonds. The number of carbonyl (C=O) groups excluding carboxylic acids is 1. The average molecular weight is 295 g/mol. The second-order valence-electron chi connectivity index (χ2n) is 5.27. The molecule has 0 spiro atoms. The highest BCUT2D eigenvalue weighted by molar-refractivity contribution is 5.91. The highest BCUT2D eigenvalue weighted by Gasteiger charge is 2.14. The van der Waals surface area contributed by atoms with Crippen molar-refractivity contribution in [3.63, 3.8) is 0 Å². The number of hydrogen-bond donors (Lipinski definition) is 1. The fourth-order valence-corrected chi connectivity index (χ4v) is 2.46. The summed E-state index contributed by atoms with van der Waals surface area (Å²) in [5.41, 5.74) is 9.21. The first-order chi connectivity index (χ1) is 10.6. The van der Waals surface area contributed by atoms with Crippen molar-refractivity contribution >= 4 is 16.8 Å². The summed E-state index contributed by atoms with van der Waals surface area (Å²) >= 11 is 0. The van der Waals surface area contributed by atoms with Crippen LogP contribution in [0.3, 0.4) is 0 Å². The molecule has 0 unspecified atom stereocenters. The number of aromatic nitrogens is 4. The Morgan fingerprint density at radius 1 is 1.32 bits per heavy atom. The van der Waals surface area contributed by atoms with Gasteiger partial charge in [0, 0.05) is 12.1 Å². The van der Waals surface area contributed by atoms with E-state index in [4.69, 9.17) is 5.73 Å². The zero-order valence-corrected chi connectivity index (χ0v) is 12.6. The van der Waals surface area contributed by atoms with Gasteiger partial charge in [0.2, 0.25) is 0 Å². The number of carbonyl (C=O) groups is 1. The van der Waals surface area contributed by atoms with Crippen molar-refractivity contribution < 1.29 is 4.79 Å². The Bertz CT molecular complexity index is 853. The first-order valence-electron chi connectivity index (χ1n) is 7.07. The van der Waals surface area contributed by atoms with Gasteiger partial charge < -0.3 is 5.73 Å². The van der Waals surface area contributed by atoms with E-state index in [1.807, 2.05) is 31.2 Å². The summed E-state index contributed by atoms with van der Waals surface area (Å²) in [6, 6.07) is 7.95. The maximum absolute atomic E-state index is 11.4. The van der Waals surface area contributed by atoms with Crippen molar-refractivity contribution in [1.82, 2.24) is 19.7 Å². The van der Waals surface area contributed by atoms with E-state index in [9.17, 15) is 4.79 Å². The second kappa shape index (κ2) is 5.65. The third-order valence-electron chi connectivity index (χ3n) is 3.42. The van der Waals surface area contributed by atoms with Crippen LogP contribution in [0.15, 0.2) is 30.5 Å². The molecule has 0 atom stereocenters. The fourth-order valence-electron chi connectivity index (χ4n) is 2.46. The molecule has 2 N–H and O–H groups in total. The van der Waals surface area contributed by atoms with Crippen molar-refractivity contribution in [3.05, 3.63) is 41.9 Å². The van der Waals surface area contributed by atoms with E-state index >= 15 is 0 Å². The molecule has 0 radical (unpaired) electrons. The standard InChI is InChI=1S/C16H17N5O/c1-10(22)9-21-16-14(8-18-21)15(19-11(2)20-16)13-5-3-4-12(6-13)7-17/h3-6,8H,7,9,17H2,1-2H3. The Balaban J connectivity index is 2.21.